The maximum Gasteiger partial charge on any atom is 0.257 e. The van der Waals surface area contributed by atoms with Crippen LogP contribution in [0.15, 0.2) is 42.5 Å². The predicted octanol–water partition coefficient (Wildman–Crippen LogP) is 2.99. The molecule has 0 N–H and O–H groups in total. The summed E-state index contributed by atoms with van der Waals surface area (Å²) in [5.74, 6) is -0.194. The Labute approximate surface area is 158 Å². The van der Waals surface area contributed by atoms with Crippen LogP contribution in [0.3, 0.4) is 0 Å². The summed E-state index contributed by atoms with van der Waals surface area (Å²) in [4.78, 5) is 28.8. The van der Waals surface area contributed by atoms with Crippen molar-refractivity contribution in [2.75, 3.05) is 33.3 Å². The molecular formula is C21H23FN2O3. The third-order valence-corrected chi connectivity index (χ3v) is 4.83. The molecule has 0 aliphatic carbocycles. The number of ether oxygens (including phenoxy) is 1. The van der Waals surface area contributed by atoms with E-state index in [0.29, 0.717) is 43.1 Å². The smallest absolute Gasteiger partial charge is 0.257 e. The van der Waals surface area contributed by atoms with E-state index in [2.05, 4.69) is 0 Å². The monoisotopic (exact) mass is 370 g/mol. The van der Waals surface area contributed by atoms with E-state index in [1.54, 1.807) is 23.0 Å². The van der Waals surface area contributed by atoms with Gasteiger partial charge in [-0.3, -0.25) is 9.59 Å². The van der Waals surface area contributed by atoms with Crippen molar-refractivity contribution in [3.63, 3.8) is 0 Å². The summed E-state index contributed by atoms with van der Waals surface area (Å²) >= 11 is 0. The van der Waals surface area contributed by atoms with Crippen LogP contribution in [0.1, 0.15) is 33.2 Å². The van der Waals surface area contributed by atoms with Gasteiger partial charge in [0.15, 0.2) is 0 Å². The van der Waals surface area contributed by atoms with Gasteiger partial charge in [0.2, 0.25) is 0 Å². The second-order valence-electron chi connectivity index (χ2n) is 6.48. The van der Waals surface area contributed by atoms with Gasteiger partial charge in [-0.1, -0.05) is 19.1 Å². The summed E-state index contributed by atoms with van der Waals surface area (Å²) in [7, 11) is 1.55. The second-order valence-corrected chi connectivity index (χ2v) is 6.48. The first-order valence-corrected chi connectivity index (χ1v) is 9.04. The standard InChI is InChI=1S/C21H23FN2O3/c1-3-15-7-8-19(27-2)18(13-15)21(26)24-11-9-23(10-12-24)20(25)16-5-4-6-17(22)14-16/h4-8,13-14H,3,9-12H2,1-2H3. The minimum atomic E-state index is -0.433. The number of rotatable bonds is 4. The molecule has 142 valence electrons. The summed E-state index contributed by atoms with van der Waals surface area (Å²) < 4.78 is 18.7. The Morgan fingerprint density at radius 3 is 2.26 bits per heavy atom. The summed E-state index contributed by atoms with van der Waals surface area (Å²) in [5, 5.41) is 0. The van der Waals surface area contributed by atoms with E-state index in [-0.39, 0.29) is 11.8 Å². The largest absolute Gasteiger partial charge is 0.496 e. The lowest BCUT2D eigenvalue weighted by Crippen LogP contribution is -2.50. The molecule has 1 fully saturated rings. The first-order chi connectivity index (χ1) is 13.0. The number of hydrogen-bond acceptors (Lipinski definition) is 3. The van der Waals surface area contributed by atoms with E-state index in [0.717, 1.165) is 12.0 Å². The number of hydrogen-bond donors (Lipinski definition) is 0. The summed E-state index contributed by atoms with van der Waals surface area (Å²) in [5.41, 5.74) is 1.94. The predicted molar refractivity (Wildman–Crippen MR) is 101 cm³/mol. The number of carbonyl (C=O) groups excluding carboxylic acids is 2. The molecule has 27 heavy (non-hydrogen) atoms. The lowest BCUT2D eigenvalue weighted by atomic mass is 10.1. The van der Waals surface area contributed by atoms with E-state index >= 15 is 0 Å². The number of methoxy groups -OCH3 is 1. The van der Waals surface area contributed by atoms with Crippen molar-refractivity contribution >= 4 is 11.8 Å². The molecule has 2 aromatic rings. The number of piperazine rings is 1. The van der Waals surface area contributed by atoms with Crippen molar-refractivity contribution in [2.24, 2.45) is 0 Å². The van der Waals surface area contributed by atoms with Crippen LogP contribution in [0.5, 0.6) is 5.75 Å². The van der Waals surface area contributed by atoms with Crippen molar-refractivity contribution in [1.29, 1.82) is 0 Å². The molecule has 6 heteroatoms. The SMILES string of the molecule is CCc1ccc(OC)c(C(=O)N2CCN(C(=O)c3cccc(F)c3)CC2)c1. The van der Waals surface area contributed by atoms with E-state index in [1.807, 2.05) is 25.1 Å². The maximum atomic E-state index is 13.3. The van der Waals surface area contributed by atoms with Crippen LogP contribution in [-0.4, -0.2) is 54.9 Å². The molecule has 1 aliphatic rings. The minimum Gasteiger partial charge on any atom is -0.496 e. The fourth-order valence-corrected chi connectivity index (χ4v) is 3.23. The Balaban J connectivity index is 1.69. The zero-order chi connectivity index (χ0) is 19.4. The lowest BCUT2D eigenvalue weighted by Gasteiger charge is -2.35. The van der Waals surface area contributed by atoms with Crippen molar-refractivity contribution in [3.05, 3.63) is 65.0 Å². The fraction of sp³-hybridized carbons (Fsp3) is 0.333. The zero-order valence-electron chi connectivity index (χ0n) is 15.6. The number of aryl methyl sites for hydroxylation is 1. The van der Waals surface area contributed by atoms with Crippen LogP contribution >= 0.6 is 0 Å². The molecule has 0 atom stereocenters. The van der Waals surface area contributed by atoms with Crippen LogP contribution in [-0.2, 0) is 6.42 Å². The Bertz CT molecular complexity index is 845. The van der Waals surface area contributed by atoms with Gasteiger partial charge in [0, 0.05) is 31.7 Å². The molecule has 0 spiro atoms. The highest BCUT2D eigenvalue weighted by Crippen LogP contribution is 2.23. The average Bonchev–Trinajstić information content (AvgIpc) is 2.72. The van der Waals surface area contributed by atoms with Crippen molar-refractivity contribution in [1.82, 2.24) is 9.80 Å². The Hall–Kier alpha value is -2.89. The van der Waals surface area contributed by atoms with Gasteiger partial charge in [-0.05, 0) is 42.3 Å². The van der Waals surface area contributed by atoms with Crippen LogP contribution in [0.2, 0.25) is 0 Å². The molecule has 0 unspecified atom stereocenters. The molecule has 1 saturated heterocycles. The molecule has 2 aromatic carbocycles. The quantitative estimate of drug-likeness (QED) is 0.831. The Morgan fingerprint density at radius 2 is 1.67 bits per heavy atom. The number of halogens is 1. The van der Waals surface area contributed by atoms with E-state index < -0.39 is 5.82 Å². The molecule has 0 bridgehead atoms. The van der Waals surface area contributed by atoms with Gasteiger partial charge in [-0.25, -0.2) is 4.39 Å². The normalized spacial score (nSPS) is 14.2. The van der Waals surface area contributed by atoms with E-state index in [9.17, 15) is 14.0 Å². The van der Waals surface area contributed by atoms with Crippen LogP contribution < -0.4 is 4.74 Å². The highest BCUT2D eigenvalue weighted by molar-refractivity contribution is 5.98. The molecule has 2 amide bonds. The highest BCUT2D eigenvalue weighted by atomic mass is 19.1. The molecule has 0 saturated carbocycles. The van der Waals surface area contributed by atoms with Gasteiger partial charge >= 0.3 is 0 Å². The van der Waals surface area contributed by atoms with Gasteiger partial charge in [0.05, 0.1) is 12.7 Å². The van der Waals surface area contributed by atoms with Crippen LogP contribution in [0, 0.1) is 5.82 Å². The van der Waals surface area contributed by atoms with Crippen molar-refractivity contribution in [3.8, 4) is 5.75 Å². The first kappa shape index (κ1) is 18.9. The second kappa shape index (κ2) is 8.20. The summed E-state index contributed by atoms with van der Waals surface area (Å²) in [6.07, 6.45) is 0.834. The number of amides is 2. The van der Waals surface area contributed by atoms with Gasteiger partial charge in [0.25, 0.3) is 11.8 Å². The van der Waals surface area contributed by atoms with E-state index in [1.165, 1.54) is 18.2 Å². The van der Waals surface area contributed by atoms with Crippen molar-refractivity contribution < 1.29 is 18.7 Å². The van der Waals surface area contributed by atoms with Gasteiger partial charge in [-0.2, -0.15) is 0 Å². The molecule has 0 radical (unpaired) electrons. The van der Waals surface area contributed by atoms with E-state index in [4.69, 9.17) is 4.74 Å². The van der Waals surface area contributed by atoms with Gasteiger partial charge < -0.3 is 14.5 Å². The van der Waals surface area contributed by atoms with Crippen LogP contribution in [0.4, 0.5) is 4.39 Å². The van der Waals surface area contributed by atoms with Gasteiger partial charge in [0.1, 0.15) is 11.6 Å². The minimum absolute atomic E-state index is 0.0972. The maximum absolute atomic E-state index is 13.3. The molecule has 1 heterocycles. The molecule has 3 rings (SSSR count). The number of carbonyl (C=O) groups is 2. The average molecular weight is 370 g/mol. The Morgan fingerprint density at radius 1 is 1.00 bits per heavy atom. The first-order valence-electron chi connectivity index (χ1n) is 9.04. The molecule has 1 aliphatic heterocycles. The Kier molecular flexibility index (Phi) is 5.74. The fourth-order valence-electron chi connectivity index (χ4n) is 3.23. The number of nitrogens with zero attached hydrogens (tertiary/aromatic N) is 2. The third kappa shape index (κ3) is 4.10. The third-order valence-electron chi connectivity index (χ3n) is 4.83. The molecule has 0 aromatic heterocycles. The number of benzene rings is 2. The van der Waals surface area contributed by atoms with Crippen molar-refractivity contribution in [2.45, 2.75) is 13.3 Å². The molecular weight excluding hydrogens is 347 g/mol. The molecule has 5 nitrogen and oxygen atoms in total. The zero-order valence-corrected chi connectivity index (χ0v) is 15.6. The van der Waals surface area contributed by atoms with Crippen LogP contribution in [0.25, 0.3) is 0 Å². The topological polar surface area (TPSA) is 49.9 Å². The highest BCUT2D eigenvalue weighted by Gasteiger charge is 2.27. The lowest BCUT2D eigenvalue weighted by molar-refractivity contribution is 0.0533. The van der Waals surface area contributed by atoms with Gasteiger partial charge in [-0.15, -0.1) is 0 Å². The summed E-state index contributed by atoms with van der Waals surface area (Å²) in [6.45, 7) is 3.72. The summed E-state index contributed by atoms with van der Waals surface area (Å²) in [6, 6.07) is 11.3.